The summed E-state index contributed by atoms with van der Waals surface area (Å²) >= 11 is 0. The highest BCUT2D eigenvalue weighted by atomic mass is 16.5. The number of hydrogen-bond donors (Lipinski definition) is 0. The van der Waals surface area contributed by atoms with E-state index in [1.807, 2.05) is 0 Å². The average Bonchev–Trinajstić information content (AvgIpc) is 2.86. The van der Waals surface area contributed by atoms with Crippen LogP contribution >= 0.6 is 0 Å². The molecule has 7 nitrogen and oxygen atoms in total. The summed E-state index contributed by atoms with van der Waals surface area (Å²) in [6.45, 7) is 0. The second-order valence-electron chi connectivity index (χ2n) is 6.80. The summed E-state index contributed by atoms with van der Waals surface area (Å²) in [7, 11) is 5.99. The Morgan fingerprint density at radius 2 is 1.36 bits per heavy atom. The van der Waals surface area contributed by atoms with Crippen molar-refractivity contribution in [1.82, 2.24) is 0 Å². The summed E-state index contributed by atoms with van der Waals surface area (Å²) in [4.78, 5) is 25.1. The third-order valence-electron chi connectivity index (χ3n) is 4.77. The molecule has 0 unspecified atom stereocenters. The first-order valence-electron chi connectivity index (χ1n) is 9.97. The zero-order valence-electron chi connectivity index (χ0n) is 18.8. The Labute approximate surface area is 192 Å². The van der Waals surface area contributed by atoms with Gasteiger partial charge in [-0.1, -0.05) is 18.2 Å². The molecule has 0 saturated carbocycles. The van der Waals surface area contributed by atoms with Gasteiger partial charge in [0.05, 0.1) is 34.0 Å². The van der Waals surface area contributed by atoms with Crippen LogP contribution in [-0.2, 0) is 0 Å². The summed E-state index contributed by atoms with van der Waals surface area (Å²) in [5.74, 6) is 1.33. The van der Waals surface area contributed by atoms with Gasteiger partial charge in [-0.2, -0.15) is 0 Å². The number of ketones is 1. The molecule has 0 aromatic heterocycles. The highest BCUT2D eigenvalue weighted by molar-refractivity contribution is 6.06. The Kier molecular flexibility index (Phi) is 7.70. The zero-order chi connectivity index (χ0) is 23.8. The second-order valence-corrected chi connectivity index (χ2v) is 6.80. The number of esters is 1. The van der Waals surface area contributed by atoms with Crippen molar-refractivity contribution in [3.8, 4) is 28.7 Å². The quantitative estimate of drug-likeness (QED) is 0.201. The molecule has 0 aliphatic carbocycles. The molecular formula is C26H24O7. The van der Waals surface area contributed by atoms with Crippen LogP contribution in [0.25, 0.3) is 6.08 Å². The van der Waals surface area contributed by atoms with Crippen molar-refractivity contribution in [1.29, 1.82) is 0 Å². The highest BCUT2D eigenvalue weighted by Gasteiger charge is 2.18. The van der Waals surface area contributed by atoms with E-state index in [9.17, 15) is 9.59 Å². The normalized spacial score (nSPS) is 10.5. The molecule has 0 fully saturated rings. The van der Waals surface area contributed by atoms with Crippen LogP contribution in [0, 0.1) is 0 Å². The summed E-state index contributed by atoms with van der Waals surface area (Å²) in [6.07, 6.45) is 3.12. The van der Waals surface area contributed by atoms with Crippen molar-refractivity contribution in [2.45, 2.75) is 0 Å². The van der Waals surface area contributed by atoms with E-state index in [0.29, 0.717) is 39.9 Å². The molecule has 3 rings (SSSR count). The van der Waals surface area contributed by atoms with Crippen LogP contribution in [0.4, 0.5) is 0 Å². The van der Waals surface area contributed by atoms with Crippen molar-refractivity contribution >= 4 is 17.8 Å². The van der Waals surface area contributed by atoms with Crippen molar-refractivity contribution in [3.63, 3.8) is 0 Å². The summed E-state index contributed by atoms with van der Waals surface area (Å²) in [5, 5.41) is 0. The van der Waals surface area contributed by atoms with Gasteiger partial charge in [-0.15, -0.1) is 0 Å². The fraction of sp³-hybridized carbons (Fsp3) is 0.154. The van der Waals surface area contributed by atoms with Gasteiger partial charge in [0.25, 0.3) is 0 Å². The van der Waals surface area contributed by atoms with Gasteiger partial charge in [0.1, 0.15) is 11.5 Å². The molecule has 33 heavy (non-hydrogen) atoms. The number of benzene rings is 3. The Bertz CT molecular complexity index is 1140. The molecule has 0 heterocycles. The first-order chi connectivity index (χ1) is 16.0. The van der Waals surface area contributed by atoms with Crippen molar-refractivity contribution in [3.05, 3.63) is 83.4 Å². The van der Waals surface area contributed by atoms with Crippen LogP contribution in [0.3, 0.4) is 0 Å². The predicted octanol–water partition coefficient (Wildman–Crippen LogP) is 4.84. The third-order valence-corrected chi connectivity index (χ3v) is 4.77. The molecule has 7 heteroatoms. The maximum Gasteiger partial charge on any atom is 0.343 e. The maximum atomic E-state index is 12.7. The Morgan fingerprint density at radius 3 is 1.94 bits per heavy atom. The van der Waals surface area contributed by atoms with Crippen LogP contribution in [0.1, 0.15) is 26.3 Å². The van der Waals surface area contributed by atoms with E-state index in [4.69, 9.17) is 23.7 Å². The van der Waals surface area contributed by atoms with Gasteiger partial charge in [0.15, 0.2) is 17.3 Å². The van der Waals surface area contributed by atoms with Crippen molar-refractivity contribution in [2.24, 2.45) is 0 Å². The Morgan fingerprint density at radius 1 is 0.697 bits per heavy atom. The second kappa shape index (κ2) is 10.9. The van der Waals surface area contributed by atoms with Gasteiger partial charge >= 0.3 is 5.97 Å². The number of allylic oxidation sites excluding steroid dienone is 1. The van der Waals surface area contributed by atoms with Gasteiger partial charge in [-0.25, -0.2) is 4.79 Å². The molecule has 0 amide bonds. The Hall–Kier alpha value is -4.26. The summed E-state index contributed by atoms with van der Waals surface area (Å²) in [5.41, 5.74) is 1.48. The molecule has 0 aliphatic heterocycles. The maximum absolute atomic E-state index is 12.7. The van der Waals surface area contributed by atoms with Gasteiger partial charge < -0.3 is 23.7 Å². The number of hydrogen-bond acceptors (Lipinski definition) is 7. The minimum atomic E-state index is -0.593. The van der Waals surface area contributed by atoms with E-state index < -0.39 is 5.97 Å². The fourth-order valence-corrected chi connectivity index (χ4v) is 3.07. The number of methoxy groups -OCH3 is 4. The highest BCUT2D eigenvalue weighted by Crippen LogP contribution is 2.38. The molecule has 0 atom stereocenters. The fourth-order valence-electron chi connectivity index (χ4n) is 3.07. The molecular weight excluding hydrogens is 424 g/mol. The van der Waals surface area contributed by atoms with Crippen LogP contribution in [0.15, 0.2) is 66.7 Å². The van der Waals surface area contributed by atoms with E-state index in [1.165, 1.54) is 39.5 Å². The molecule has 0 aliphatic rings. The average molecular weight is 448 g/mol. The van der Waals surface area contributed by atoms with Crippen molar-refractivity contribution < 1.29 is 33.3 Å². The standard InChI is InChI=1S/C26H24O7/c1-29-20-11-9-18(10-12-20)22(27)13-8-17-6-5-7-21(14-17)33-26(28)19-15-23(30-2)25(32-4)24(16-19)31-3/h5-16H,1-4H3. The largest absolute Gasteiger partial charge is 0.497 e. The molecule has 0 bridgehead atoms. The van der Waals surface area contributed by atoms with Crippen LogP contribution in [-0.4, -0.2) is 40.2 Å². The number of carbonyl (C=O) groups excluding carboxylic acids is 2. The molecule has 0 saturated heterocycles. The van der Waals surface area contributed by atoms with E-state index >= 15 is 0 Å². The van der Waals surface area contributed by atoms with Crippen LogP contribution < -0.4 is 23.7 Å². The molecule has 3 aromatic rings. The smallest absolute Gasteiger partial charge is 0.343 e. The lowest BCUT2D eigenvalue weighted by molar-refractivity contribution is 0.0733. The third kappa shape index (κ3) is 5.71. The minimum Gasteiger partial charge on any atom is -0.497 e. The first-order valence-corrected chi connectivity index (χ1v) is 9.97. The summed E-state index contributed by atoms with van der Waals surface area (Å²) in [6, 6.07) is 16.7. The SMILES string of the molecule is COc1ccc(C(=O)C=Cc2cccc(OC(=O)c3cc(OC)c(OC)c(OC)c3)c2)cc1. The lowest BCUT2D eigenvalue weighted by Gasteiger charge is -2.13. The van der Waals surface area contributed by atoms with Crippen molar-refractivity contribution in [2.75, 3.05) is 28.4 Å². The lowest BCUT2D eigenvalue weighted by atomic mass is 10.1. The van der Waals surface area contributed by atoms with Gasteiger partial charge in [-0.3, -0.25) is 4.79 Å². The van der Waals surface area contributed by atoms with E-state index in [0.717, 1.165) is 0 Å². The molecule has 0 N–H and O–H groups in total. The van der Waals surface area contributed by atoms with Gasteiger partial charge in [0.2, 0.25) is 5.75 Å². The Balaban J connectivity index is 1.75. The predicted molar refractivity (Wildman–Crippen MR) is 124 cm³/mol. The first kappa shape index (κ1) is 23.4. The van der Waals surface area contributed by atoms with E-state index in [1.54, 1.807) is 61.7 Å². The monoisotopic (exact) mass is 448 g/mol. The topological polar surface area (TPSA) is 80.3 Å². The van der Waals surface area contributed by atoms with Crippen LogP contribution in [0.5, 0.6) is 28.7 Å². The molecule has 0 spiro atoms. The zero-order valence-corrected chi connectivity index (χ0v) is 18.8. The minimum absolute atomic E-state index is 0.155. The van der Waals surface area contributed by atoms with Gasteiger partial charge in [0, 0.05) is 5.56 Å². The number of carbonyl (C=O) groups is 2. The molecule has 170 valence electrons. The lowest BCUT2D eigenvalue weighted by Crippen LogP contribution is -2.09. The van der Waals surface area contributed by atoms with E-state index in [2.05, 4.69) is 0 Å². The number of ether oxygens (including phenoxy) is 5. The van der Waals surface area contributed by atoms with Gasteiger partial charge in [-0.05, 0) is 60.2 Å². The molecule has 3 aromatic carbocycles. The molecule has 0 radical (unpaired) electrons. The van der Waals surface area contributed by atoms with E-state index in [-0.39, 0.29) is 11.3 Å². The van der Waals surface area contributed by atoms with Crippen LogP contribution in [0.2, 0.25) is 0 Å². The number of rotatable bonds is 9. The summed E-state index contributed by atoms with van der Waals surface area (Å²) < 4.78 is 26.4.